The number of amides is 1. The Labute approximate surface area is 149 Å². The van der Waals surface area contributed by atoms with Crippen LogP contribution in [0.25, 0.3) is 0 Å². The number of nitrogens with zero attached hydrogens (tertiary/aromatic N) is 1. The maximum atomic E-state index is 12.0. The molecule has 3 N–H and O–H groups in total. The Hall–Kier alpha value is -1.53. The molecule has 23 heavy (non-hydrogen) atoms. The van der Waals surface area contributed by atoms with Crippen molar-refractivity contribution in [2.24, 2.45) is 5.73 Å². The van der Waals surface area contributed by atoms with Crippen LogP contribution in [0, 0.1) is 0 Å². The van der Waals surface area contributed by atoms with Gasteiger partial charge in [0.25, 0.3) is 5.91 Å². The quantitative estimate of drug-likeness (QED) is 0.831. The summed E-state index contributed by atoms with van der Waals surface area (Å²) in [6, 6.07) is 9.85. The summed E-state index contributed by atoms with van der Waals surface area (Å²) in [5, 5.41) is 2.88. The molecule has 1 heterocycles. The summed E-state index contributed by atoms with van der Waals surface area (Å²) in [7, 11) is 4.06. The molecular formula is C16H23Cl2N3O2. The van der Waals surface area contributed by atoms with E-state index < -0.39 is 0 Å². The molecule has 1 aromatic carbocycles. The molecule has 0 aliphatic heterocycles. The lowest BCUT2D eigenvalue weighted by molar-refractivity contribution is 0.0950. The van der Waals surface area contributed by atoms with Gasteiger partial charge in [0.1, 0.15) is 12.0 Å². The SMILES string of the molecule is CN(C)Cc1cccc(CNC(=O)c2coc(CN)c2)c1.Cl.Cl. The Morgan fingerprint density at radius 3 is 2.52 bits per heavy atom. The first-order chi connectivity index (χ1) is 10.1. The summed E-state index contributed by atoms with van der Waals surface area (Å²) in [6.45, 7) is 1.66. The highest BCUT2D eigenvalue weighted by atomic mass is 35.5. The summed E-state index contributed by atoms with van der Waals surface area (Å²) in [4.78, 5) is 14.1. The Kier molecular flexibility index (Phi) is 9.60. The van der Waals surface area contributed by atoms with Crippen LogP contribution in [0.5, 0.6) is 0 Å². The first kappa shape index (κ1) is 21.5. The number of hydrogen-bond donors (Lipinski definition) is 2. The third kappa shape index (κ3) is 6.62. The topological polar surface area (TPSA) is 71.5 Å². The van der Waals surface area contributed by atoms with Gasteiger partial charge in [-0.2, -0.15) is 0 Å². The zero-order valence-electron chi connectivity index (χ0n) is 13.2. The van der Waals surface area contributed by atoms with E-state index in [9.17, 15) is 4.79 Å². The van der Waals surface area contributed by atoms with Gasteiger partial charge in [0.15, 0.2) is 0 Å². The van der Waals surface area contributed by atoms with Gasteiger partial charge in [-0.25, -0.2) is 0 Å². The maximum Gasteiger partial charge on any atom is 0.254 e. The molecule has 0 aliphatic rings. The first-order valence-corrected chi connectivity index (χ1v) is 6.86. The minimum absolute atomic E-state index is 0. The van der Waals surface area contributed by atoms with Gasteiger partial charge in [-0.1, -0.05) is 24.3 Å². The Balaban J connectivity index is 0.00000242. The Morgan fingerprint density at radius 2 is 1.91 bits per heavy atom. The van der Waals surface area contributed by atoms with Gasteiger partial charge < -0.3 is 20.4 Å². The smallest absolute Gasteiger partial charge is 0.254 e. The standard InChI is InChI=1S/C16H21N3O2.2ClH/c1-19(2)10-13-5-3-4-12(6-13)9-18-16(20)14-7-15(8-17)21-11-14;;/h3-7,11H,8-10,17H2,1-2H3,(H,18,20);2*1H. The van der Waals surface area contributed by atoms with Crippen molar-refractivity contribution >= 4 is 30.7 Å². The number of carbonyl (C=O) groups excluding carboxylic acids is 1. The van der Waals surface area contributed by atoms with Crippen LogP contribution in [0.1, 0.15) is 27.2 Å². The number of halogens is 2. The van der Waals surface area contributed by atoms with Crippen LogP contribution < -0.4 is 11.1 Å². The summed E-state index contributed by atoms with van der Waals surface area (Å²) in [6.07, 6.45) is 1.43. The average molecular weight is 360 g/mol. The summed E-state index contributed by atoms with van der Waals surface area (Å²) in [5.41, 5.74) is 8.25. The molecule has 128 valence electrons. The summed E-state index contributed by atoms with van der Waals surface area (Å²) in [5.74, 6) is 0.449. The maximum absolute atomic E-state index is 12.0. The van der Waals surface area contributed by atoms with Crippen molar-refractivity contribution in [2.75, 3.05) is 14.1 Å². The van der Waals surface area contributed by atoms with Crippen molar-refractivity contribution in [1.82, 2.24) is 10.2 Å². The van der Waals surface area contributed by atoms with Crippen molar-refractivity contribution in [1.29, 1.82) is 0 Å². The zero-order valence-corrected chi connectivity index (χ0v) is 14.9. The molecule has 1 amide bonds. The van der Waals surface area contributed by atoms with Crippen LogP contribution >= 0.6 is 24.8 Å². The molecule has 5 nitrogen and oxygen atoms in total. The van der Waals surface area contributed by atoms with E-state index in [1.807, 2.05) is 26.2 Å². The van der Waals surface area contributed by atoms with Crippen LogP contribution in [0.3, 0.4) is 0 Å². The molecule has 0 spiro atoms. The monoisotopic (exact) mass is 359 g/mol. The fraction of sp³-hybridized carbons (Fsp3) is 0.312. The lowest BCUT2D eigenvalue weighted by Gasteiger charge is -2.11. The molecule has 0 atom stereocenters. The van der Waals surface area contributed by atoms with Crippen molar-refractivity contribution in [3.63, 3.8) is 0 Å². The van der Waals surface area contributed by atoms with Gasteiger partial charge in [-0.15, -0.1) is 24.8 Å². The number of nitrogens with two attached hydrogens (primary N) is 1. The van der Waals surface area contributed by atoms with E-state index in [0.717, 1.165) is 12.1 Å². The Bertz CT molecular complexity index is 615. The molecule has 0 aliphatic carbocycles. The van der Waals surface area contributed by atoms with Crippen LogP contribution in [-0.4, -0.2) is 24.9 Å². The summed E-state index contributed by atoms with van der Waals surface area (Å²) < 4.78 is 5.16. The number of carbonyl (C=O) groups is 1. The lowest BCUT2D eigenvalue weighted by atomic mass is 10.1. The van der Waals surface area contributed by atoms with Crippen LogP contribution in [-0.2, 0) is 19.6 Å². The second-order valence-corrected chi connectivity index (χ2v) is 5.25. The number of nitrogens with one attached hydrogen (secondary N) is 1. The minimum Gasteiger partial charge on any atom is -0.467 e. The molecule has 0 saturated carbocycles. The third-order valence-electron chi connectivity index (χ3n) is 3.06. The largest absolute Gasteiger partial charge is 0.467 e. The van der Waals surface area contributed by atoms with Crippen molar-refractivity contribution in [2.45, 2.75) is 19.6 Å². The molecule has 0 radical (unpaired) electrons. The van der Waals surface area contributed by atoms with E-state index >= 15 is 0 Å². The number of hydrogen-bond acceptors (Lipinski definition) is 4. The van der Waals surface area contributed by atoms with Crippen LogP contribution in [0.4, 0.5) is 0 Å². The zero-order chi connectivity index (χ0) is 15.2. The van der Waals surface area contributed by atoms with E-state index in [1.54, 1.807) is 6.07 Å². The molecule has 7 heteroatoms. The van der Waals surface area contributed by atoms with Crippen molar-refractivity contribution < 1.29 is 9.21 Å². The van der Waals surface area contributed by atoms with Gasteiger partial charge in [-0.3, -0.25) is 4.79 Å². The van der Waals surface area contributed by atoms with Gasteiger partial charge in [0.2, 0.25) is 0 Å². The van der Waals surface area contributed by atoms with Crippen molar-refractivity contribution in [3.05, 3.63) is 59.0 Å². The highest BCUT2D eigenvalue weighted by Crippen LogP contribution is 2.09. The fourth-order valence-electron chi connectivity index (χ4n) is 2.09. The Morgan fingerprint density at radius 1 is 1.22 bits per heavy atom. The van der Waals surface area contributed by atoms with E-state index in [1.165, 1.54) is 11.8 Å². The number of benzene rings is 1. The lowest BCUT2D eigenvalue weighted by Crippen LogP contribution is -2.22. The molecular weight excluding hydrogens is 337 g/mol. The van der Waals surface area contributed by atoms with E-state index in [4.69, 9.17) is 10.2 Å². The molecule has 0 unspecified atom stereocenters. The summed E-state index contributed by atoms with van der Waals surface area (Å²) >= 11 is 0. The van der Waals surface area contributed by atoms with E-state index in [0.29, 0.717) is 24.4 Å². The first-order valence-electron chi connectivity index (χ1n) is 6.86. The molecule has 1 aromatic heterocycles. The predicted molar refractivity (Wildman–Crippen MR) is 96.1 cm³/mol. The number of rotatable bonds is 6. The molecule has 2 rings (SSSR count). The van der Waals surface area contributed by atoms with Crippen LogP contribution in [0.15, 0.2) is 41.0 Å². The minimum atomic E-state index is -0.156. The molecule has 0 saturated heterocycles. The second kappa shape index (κ2) is 10.3. The normalized spacial score (nSPS) is 9.91. The van der Waals surface area contributed by atoms with Crippen molar-refractivity contribution in [3.8, 4) is 0 Å². The van der Waals surface area contributed by atoms with E-state index in [2.05, 4.69) is 22.3 Å². The van der Waals surface area contributed by atoms with Crippen LogP contribution in [0.2, 0.25) is 0 Å². The molecule has 2 aromatic rings. The third-order valence-corrected chi connectivity index (χ3v) is 3.06. The molecule has 0 fully saturated rings. The van der Waals surface area contributed by atoms with E-state index in [-0.39, 0.29) is 30.7 Å². The highest BCUT2D eigenvalue weighted by Gasteiger charge is 2.09. The van der Waals surface area contributed by atoms with Gasteiger partial charge >= 0.3 is 0 Å². The molecule has 0 bridgehead atoms. The number of furan rings is 1. The average Bonchev–Trinajstić information content (AvgIpc) is 2.93. The van der Waals surface area contributed by atoms with Gasteiger partial charge in [-0.05, 0) is 31.3 Å². The predicted octanol–water partition coefficient (Wildman–Crippen LogP) is 2.57. The van der Waals surface area contributed by atoms with Gasteiger partial charge in [0.05, 0.1) is 12.1 Å². The van der Waals surface area contributed by atoms with Gasteiger partial charge in [0, 0.05) is 13.1 Å². The second-order valence-electron chi connectivity index (χ2n) is 5.25. The fourth-order valence-corrected chi connectivity index (χ4v) is 2.09. The highest BCUT2D eigenvalue weighted by molar-refractivity contribution is 5.93.